The van der Waals surface area contributed by atoms with Crippen molar-refractivity contribution < 1.29 is 18.0 Å². The van der Waals surface area contributed by atoms with Crippen LogP contribution >= 0.6 is 0 Å². The first-order valence-electron chi connectivity index (χ1n) is 9.11. The van der Waals surface area contributed by atoms with E-state index in [0.717, 1.165) is 51.4 Å². The second-order valence-electron chi connectivity index (χ2n) is 7.16. The second-order valence-corrected chi connectivity index (χ2v) is 7.16. The van der Waals surface area contributed by atoms with Crippen LogP contribution in [0.1, 0.15) is 43.2 Å². The van der Waals surface area contributed by atoms with Crippen LogP contribution in [0.15, 0.2) is 24.3 Å². The lowest BCUT2D eigenvalue weighted by Crippen LogP contribution is -2.46. The number of hydrogen-bond acceptors (Lipinski definition) is 2. The fourth-order valence-electron chi connectivity index (χ4n) is 3.88. The number of piperidine rings is 2. The number of hydrogen-bond donors (Lipinski definition) is 0. The Labute approximate surface area is 146 Å². The van der Waals surface area contributed by atoms with E-state index in [-0.39, 0.29) is 11.8 Å². The summed E-state index contributed by atoms with van der Waals surface area (Å²) in [5.41, 5.74) is 0.0452. The number of likely N-dealkylation sites (tertiary alicyclic amines) is 2. The summed E-state index contributed by atoms with van der Waals surface area (Å²) in [5, 5.41) is 0. The monoisotopic (exact) mass is 354 g/mol. The fourth-order valence-corrected chi connectivity index (χ4v) is 3.88. The van der Waals surface area contributed by atoms with Gasteiger partial charge in [-0.1, -0.05) is 18.2 Å². The van der Waals surface area contributed by atoms with Gasteiger partial charge in [0.2, 0.25) is 5.91 Å². The van der Waals surface area contributed by atoms with E-state index in [9.17, 15) is 18.0 Å². The van der Waals surface area contributed by atoms with Gasteiger partial charge in [0.1, 0.15) is 0 Å². The minimum atomic E-state index is -4.31. The van der Waals surface area contributed by atoms with Crippen LogP contribution in [0.25, 0.3) is 0 Å². The summed E-state index contributed by atoms with van der Waals surface area (Å²) in [5.74, 6) is 0.214. The van der Waals surface area contributed by atoms with Crippen molar-refractivity contribution in [3.05, 3.63) is 35.4 Å². The predicted molar refractivity (Wildman–Crippen MR) is 89.9 cm³/mol. The lowest BCUT2D eigenvalue weighted by molar-refractivity contribution is -0.138. The topological polar surface area (TPSA) is 23.6 Å². The second kappa shape index (κ2) is 7.77. The molecule has 0 radical (unpaired) electrons. The molecule has 0 bridgehead atoms. The molecule has 138 valence electrons. The van der Waals surface area contributed by atoms with E-state index >= 15 is 0 Å². The van der Waals surface area contributed by atoms with Crippen LogP contribution in [0.2, 0.25) is 0 Å². The SMILES string of the molecule is O=C(C1CCCN(Cc2cccc(C(F)(F)F)c2)C1)N1CCCCC1. The fraction of sp³-hybridized carbons (Fsp3) is 0.632. The molecule has 2 heterocycles. The summed E-state index contributed by atoms with van der Waals surface area (Å²) in [6.07, 6.45) is 0.831. The van der Waals surface area contributed by atoms with Crippen LogP contribution in [-0.2, 0) is 17.5 Å². The maximum atomic E-state index is 12.9. The quantitative estimate of drug-likeness (QED) is 0.821. The summed E-state index contributed by atoms with van der Waals surface area (Å²) in [4.78, 5) is 16.8. The number of amides is 1. The van der Waals surface area contributed by atoms with Gasteiger partial charge in [0.05, 0.1) is 11.5 Å². The van der Waals surface area contributed by atoms with Gasteiger partial charge in [-0.25, -0.2) is 0 Å². The van der Waals surface area contributed by atoms with Crippen LogP contribution in [0.4, 0.5) is 13.2 Å². The lowest BCUT2D eigenvalue weighted by Gasteiger charge is -2.36. The van der Waals surface area contributed by atoms with Crippen LogP contribution in [0.5, 0.6) is 0 Å². The molecule has 1 aromatic rings. The van der Waals surface area contributed by atoms with Crippen molar-refractivity contribution in [2.75, 3.05) is 26.2 Å². The third-order valence-corrected chi connectivity index (χ3v) is 5.18. The molecule has 0 spiro atoms. The molecule has 1 atom stereocenters. The molecule has 0 N–H and O–H groups in total. The van der Waals surface area contributed by atoms with Gasteiger partial charge < -0.3 is 4.90 Å². The highest BCUT2D eigenvalue weighted by molar-refractivity contribution is 5.79. The van der Waals surface area contributed by atoms with E-state index in [2.05, 4.69) is 4.90 Å². The van der Waals surface area contributed by atoms with Crippen LogP contribution < -0.4 is 0 Å². The van der Waals surface area contributed by atoms with Crippen molar-refractivity contribution in [2.24, 2.45) is 5.92 Å². The van der Waals surface area contributed by atoms with E-state index in [1.54, 1.807) is 6.07 Å². The van der Waals surface area contributed by atoms with E-state index in [1.807, 2.05) is 4.90 Å². The number of carbonyl (C=O) groups is 1. The molecular weight excluding hydrogens is 329 g/mol. The molecule has 0 aliphatic carbocycles. The lowest BCUT2D eigenvalue weighted by atomic mass is 9.95. The van der Waals surface area contributed by atoms with Crippen molar-refractivity contribution in [1.82, 2.24) is 9.80 Å². The number of alkyl halides is 3. The Balaban J connectivity index is 1.61. The highest BCUT2D eigenvalue weighted by Crippen LogP contribution is 2.30. The Morgan fingerprint density at radius 2 is 1.84 bits per heavy atom. The molecule has 0 saturated carbocycles. The first kappa shape index (κ1) is 18.2. The molecule has 1 amide bonds. The summed E-state index contributed by atoms with van der Waals surface area (Å²) in [6.45, 7) is 3.64. The molecule has 2 fully saturated rings. The van der Waals surface area contributed by atoms with E-state index in [1.165, 1.54) is 18.6 Å². The third kappa shape index (κ3) is 4.75. The smallest absolute Gasteiger partial charge is 0.342 e. The number of halogens is 3. The highest BCUT2D eigenvalue weighted by atomic mass is 19.4. The molecule has 0 aromatic heterocycles. The Morgan fingerprint density at radius 1 is 1.08 bits per heavy atom. The van der Waals surface area contributed by atoms with Gasteiger partial charge in [-0.2, -0.15) is 13.2 Å². The predicted octanol–water partition coefficient (Wildman–Crippen LogP) is 3.93. The maximum Gasteiger partial charge on any atom is 0.416 e. The Hall–Kier alpha value is -1.56. The Morgan fingerprint density at radius 3 is 2.56 bits per heavy atom. The Bertz CT molecular complexity index is 597. The molecule has 2 aliphatic rings. The molecule has 6 heteroatoms. The van der Waals surface area contributed by atoms with Gasteiger partial charge in [0.25, 0.3) is 0 Å². The standard InChI is InChI=1S/C19H25F3N2O/c20-19(21,22)17-8-4-6-15(12-17)13-23-9-5-7-16(14-23)18(25)24-10-2-1-3-11-24/h4,6,8,12,16H,1-3,5,7,9-11,13-14H2. The average Bonchev–Trinajstić information content (AvgIpc) is 2.61. The van der Waals surface area contributed by atoms with Crippen molar-refractivity contribution in [3.63, 3.8) is 0 Å². The molecule has 1 unspecified atom stereocenters. The van der Waals surface area contributed by atoms with Crippen molar-refractivity contribution in [2.45, 2.75) is 44.8 Å². The Kier molecular flexibility index (Phi) is 5.67. The zero-order chi connectivity index (χ0) is 17.9. The molecule has 1 aromatic carbocycles. The molecule has 25 heavy (non-hydrogen) atoms. The van der Waals surface area contributed by atoms with Gasteiger partial charge in [-0.15, -0.1) is 0 Å². The van der Waals surface area contributed by atoms with Gasteiger partial charge >= 0.3 is 6.18 Å². The number of nitrogens with zero attached hydrogens (tertiary/aromatic N) is 2. The normalized spacial score (nSPS) is 22.8. The average molecular weight is 354 g/mol. The molecule has 3 rings (SSSR count). The van der Waals surface area contributed by atoms with Crippen molar-refractivity contribution in [1.29, 1.82) is 0 Å². The van der Waals surface area contributed by atoms with Gasteiger partial charge in [-0.3, -0.25) is 9.69 Å². The highest BCUT2D eigenvalue weighted by Gasteiger charge is 2.32. The van der Waals surface area contributed by atoms with Gasteiger partial charge in [-0.05, 0) is 50.3 Å². The summed E-state index contributed by atoms with van der Waals surface area (Å²) in [7, 11) is 0. The van der Waals surface area contributed by atoms with Crippen molar-refractivity contribution >= 4 is 5.91 Å². The first-order valence-corrected chi connectivity index (χ1v) is 9.11. The molecule has 3 nitrogen and oxygen atoms in total. The van der Waals surface area contributed by atoms with Crippen molar-refractivity contribution in [3.8, 4) is 0 Å². The van der Waals surface area contributed by atoms with Crippen LogP contribution in [0.3, 0.4) is 0 Å². The van der Waals surface area contributed by atoms with Crippen LogP contribution in [0, 0.1) is 5.92 Å². The number of carbonyl (C=O) groups excluding carboxylic acids is 1. The first-order chi connectivity index (χ1) is 11.9. The third-order valence-electron chi connectivity index (χ3n) is 5.18. The van der Waals surface area contributed by atoms with Crippen LogP contribution in [-0.4, -0.2) is 41.9 Å². The minimum absolute atomic E-state index is 0.0161. The zero-order valence-corrected chi connectivity index (χ0v) is 14.4. The zero-order valence-electron chi connectivity index (χ0n) is 14.4. The summed E-state index contributed by atoms with van der Waals surface area (Å²) in [6, 6.07) is 5.50. The van der Waals surface area contributed by atoms with E-state index < -0.39 is 11.7 Å². The van der Waals surface area contributed by atoms with E-state index in [4.69, 9.17) is 0 Å². The maximum absolute atomic E-state index is 12.9. The molecule has 2 saturated heterocycles. The summed E-state index contributed by atoms with van der Waals surface area (Å²) >= 11 is 0. The number of benzene rings is 1. The van der Waals surface area contributed by atoms with E-state index in [0.29, 0.717) is 18.7 Å². The van der Waals surface area contributed by atoms with Gasteiger partial charge in [0.15, 0.2) is 0 Å². The molecule has 2 aliphatic heterocycles. The van der Waals surface area contributed by atoms with Gasteiger partial charge in [0, 0.05) is 26.2 Å². The minimum Gasteiger partial charge on any atom is -0.342 e. The summed E-state index contributed by atoms with van der Waals surface area (Å²) < 4.78 is 38.6. The largest absolute Gasteiger partial charge is 0.416 e. The molecular formula is C19H25F3N2O. The number of rotatable bonds is 3.